The van der Waals surface area contributed by atoms with Crippen molar-refractivity contribution in [2.75, 3.05) is 36.9 Å². The Morgan fingerprint density at radius 2 is 1.62 bits per heavy atom. The molecule has 9 nitrogen and oxygen atoms in total. The lowest BCUT2D eigenvalue weighted by molar-refractivity contribution is -0.139. The minimum absolute atomic E-state index is 0.0365. The van der Waals surface area contributed by atoms with Gasteiger partial charge in [-0.3, -0.25) is 13.9 Å². The van der Waals surface area contributed by atoms with Crippen LogP contribution in [0.2, 0.25) is 0 Å². The first-order valence-corrected chi connectivity index (χ1v) is 14.5. The van der Waals surface area contributed by atoms with Crippen LogP contribution in [0.3, 0.4) is 0 Å². The second-order valence-corrected chi connectivity index (χ2v) is 11.4. The molecule has 1 aliphatic heterocycles. The number of rotatable bonds is 11. The maximum atomic E-state index is 14.0. The smallest absolute Gasteiger partial charge is 0.244 e. The van der Waals surface area contributed by atoms with Gasteiger partial charge in [-0.1, -0.05) is 42.5 Å². The monoisotopic (exact) mass is 569 g/mol. The molecule has 3 aromatic rings. The highest BCUT2D eigenvalue weighted by Crippen LogP contribution is 2.35. The van der Waals surface area contributed by atoms with Crippen molar-refractivity contribution in [3.05, 3.63) is 89.7 Å². The van der Waals surface area contributed by atoms with Crippen LogP contribution < -0.4 is 19.1 Å². The summed E-state index contributed by atoms with van der Waals surface area (Å²) in [5, 5.41) is 2.62. The van der Waals surface area contributed by atoms with Gasteiger partial charge in [-0.05, 0) is 42.3 Å². The summed E-state index contributed by atoms with van der Waals surface area (Å²) in [6.45, 7) is 1.59. The third kappa shape index (κ3) is 6.90. The zero-order valence-corrected chi connectivity index (χ0v) is 23.2. The first-order chi connectivity index (χ1) is 19.2. The first kappa shape index (κ1) is 28.9. The Kier molecular flexibility index (Phi) is 9.26. The molecule has 0 aromatic heterocycles. The largest absolute Gasteiger partial charge is 0.486 e. The molecule has 1 aliphatic rings. The van der Waals surface area contributed by atoms with Crippen molar-refractivity contribution >= 4 is 27.5 Å². The molecule has 1 atom stereocenters. The van der Waals surface area contributed by atoms with Gasteiger partial charge in [-0.25, -0.2) is 12.8 Å². The Morgan fingerprint density at radius 3 is 2.27 bits per heavy atom. The Morgan fingerprint density at radius 1 is 0.950 bits per heavy atom. The molecule has 0 bridgehead atoms. The fourth-order valence-electron chi connectivity index (χ4n) is 4.41. The average molecular weight is 570 g/mol. The van der Waals surface area contributed by atoms with Gasteiger partial charge in [0.15, 0.2) is 11.5 Å². The molecule has 11 heteroatoms. The number of nitrogens with zero attached hydrogens (tertiary/aromatic N) is 2. The highest BCUT2D eigenvalue weighted by Gasteiger charge is 2.33. The van der Waals surface area contributed by atoms with Crippen molar-refractivity contribution in [1.82, 2.24) is 10.2 Å². The van der Waals surface area contributed by atoms with E-state index in [1.165, 1.54) is 49.2 Å². The molecule has 40 heavy (non-hydrogen) atoms. The molecule has 0 fully saturated rings. The molecular weight excluding hydrogens is 537 g/mol. The van der Waals surface area contributed by atoms with Gasteiger partial charge in [0.05, 0.1) is 11.4 Å². The van der Waals surface area contributed by atoms with Gasteiger partial charge in [0.1, 0.15) is 31.6 Å². The number of hydrogen-bond acceptors (Lipinski definition) is 6. The van der Waals surface area contributed by atoms with Gasteiger partial charge < -0.3 is 19.7 Å². The summed E-state index contributed by atoms with van der Waals surface area (Å²) >= 11 is 0. The third-order valence-corrected chi connectivity index (χ3v) is 8.32. The number of nitrogens with one attached hydrogen (secondary N) is 1. The van der Waals surface area contributed by atoms with Gasteiger partial charge in [0.25, 0.3) is 0 Å². The normalized spacial score (nSPS) is 13.3. The van der Waals surface area contributed by atoms with Gasteiger partial charge in [-0.2, -0.15) is 0 Å². The van der Waals surface area contributed by atoms with Crippen LogP contribution in [0.25, 0.3) is 0 Å². The molecule has 1 unspecified atom stereocenters. The van der Waals surface area contributed by atoms with Crippen LogP contribution in [0.4, 0.5) is 10.1 Å². The van der Waals surface area contributed by atoms with E-state index in [0.29, 0.717) is 30.3 Å². The molecule has 212 valence electrons. The van der Waals surface area contributed by atoms with Crippen molar-refractivity contribution in [3.8, 4) is 11.5 Å². The van der Waals surface area contributed by atoms with E-state index in [2.05, 4.69) is 5.32 Å². The highest BCUT2D eigenvalue weighted by molar-refractivity contribution is 7.92. The van der Waals surface area contributed by atoms with Crippen LogP contribution in [-0.4, -0.2) is 63.7 Å². The number of carbonyl (C=O) groups is 2. The van der Waals surface area contributed by atoms with Crippen molar-refractivity contribution in [3.63, 3.8) is 0 Å². The molecule has 0 saturated heterocycles. The minimum Gasteiger partial charge on any atom is -0.486 e. The van der Waals surface area contributed by atoms with Crippen LogP contribution in [0.5, 0.6) is 11.5 Å². The maximum Gasteiger partial charge on any atom is 0.244 e. The van der Waals surface area contributed by atoms with Crippen molar-refractivity contribution in [2.24, 2.45) is 0 Å². The van der Waals surface area contributed by atoms with E-state index in [1.54, 1.807) is 12.1 Å². The number of benzene rings is 3. The van der Waals surface area contributed by atoms with E-state index in [9.17, 15) is 22.4 Å². The second-order valence-electron chi connectivity index (χ2n) is 9.20. The molecule has 2 amide bonds. The van der Waals surface area contributed by atoms with Crippen LogP contribution in [0, 0.1) is 5.82 Å². The zero-order valence-electron chi connectivity index (χ0n) is 22.4. The van der Waals surface area contributed by atoms with Gasteiger partial charge >= 0.3 is 0 Å². The minimum atomic E-state index is -3.92. The molecule has 3 aromatic carbocycles. The molecule has 0 aliphatic carbocycles. The lowest BCUT2D eigenvalue weighted by Crippen LogP contribution is -2.53. The van der Waals surface area contributed by atoms with Crippen molar-refractivity contribution in [1.29, 1.82) is 0 Å². The zero-order chi connectivity index (χ0) is 28.7. The Balaban J connectivity index is 1.72. The Labute approximate surface area is 233 Å². The van der Waals surface area contributed by atoms with Crippen LogP contribution in [-0.2, 0) is 32.6 Å². The number of hydrogen-bond donors (Lipinski definition) is 1. The summed E-state index contributed by atoms with van der Waals surface area (Å²) in [6.07, 6.45) is 0.192. The van der Waals surface area contributed by atoms with E-state index >= 15 is 0 Å². The Bertz CT molecular complexity index is 1430. The summed E-state index contributed by atoms with van der Waals surface area (Å²) in [5.41, 5.74) is 1.64. The first-order valence-electron chi connectivity index (χ1n) is 12.9. The maximum absolute atomic E-state index is 14.0. The van der Waals surface area contributed by atoms with Gasteiger partial charge in [-0.15, -0.1) is 0 Å². The van der Waals surface area contributed by atoms with E-state index in [4.69, 9.17) is 9.47 Å². The number of sulfonamides is 1. The van der Waals surface area contributed by atoms with E-state index < -0.39 is 40.2 Å². The lowest BCUT2D eigenvalue weighted by atomic mass is 10.0. The predicted octanol–water partition coefficient (Wildman–Crippen LogP) is 3.14. The summed E-state index contributed by atoms with van der Waals surface area (Å²) in [4.78, 5) is 28.5. The number of ether oxygens (including phenoxy) is 2. The molecular formula is C29H32FN3O6S. The molecule has 0 spiro atoms. The number of carbonyl (C=O) groups excluding carboxylic acids is 2. The lowest BCUT2D eigenvalue weighted by Gasteiger charge is -2.33. The Hall–Kier alpha value is -4.12. The molecule has 4 rings (SSSR count). The number of likely N-dealkylation sites (N-methyl/N-ethyl adjacent to an activating group) is 1. The number of amides is 2. The molecule has 0 radical (unpaired) electrons. The SMILES string of the molecule is CCS(=O)(=O)N(CC(=O)N(Cc1ccc(F)cc1)C(Cc1ccccc1)C(=O)NC)c1ccc2c(c1)OCCO2. The summed E-state index contributed by atoms with van der Waals surface area (Å²) in [7, 11) is -2.44. The molecule has 1 N–H and O–H groups in total. The average Bonchev–Trinajstić information content (AvgIpc) is 2.98. The number of anilines is 1. The van der Waals surface area contributed by atoms with E-state index in [-0.39, 0.29) is 24.4 Å². The van der Waals surface area contributed by atoms with E-state index in [0.717, 1.165) is 9.87 Å². The standard InChI is InChI=1S/C29H32FN3O6S/c1-3-40(36,37)33(24-13-14-26-27(18-24)39-16-15-38-26)20-28(34)32(19-22-9-11-23(30)12-10-22)25(29(35)31-2)17-21-7-5-4-6-8-21/h4-14,18,25H,3,15-17,19-20H2,1-2H3,(H,31,35). The van der Waals surface area contributed by atoms with Gasteiger partial charge in [0.2, 0.25) is 21.8 Å². The number of fused-ring (bicyclic) bond motifs is 1. The molecule has 1 heterocycles. The quantitative estimate of drug-likeness (QED) is 0.381. The van der Waals surface area contributed by atoms with Crippen LogP contribution in [0.1, 0.15) is 18.1 Å². The number of halogens is 1. The van der Waals surface area contributed by atoms with Crippen molar-refractivity contribution < 1.29 is 31.9 Å². The third-order valence-electron chi connectivity index (χ3n) is 6.58. The molecule has 0 saturated carbocycles. The van der Waals surface area contributed by atoms with E-state index in [1.807, 2.05) is 30.3 Å². The second kappa shape index (κ2) is 12.8. The highest BCUT2D eigenvalue weighted by atomic mass is 32.2. The fourth-order valence-corrected chi connectivity index (χ4v) is 5.47. The predicted molar refractivity (Wildman–Crippen MR) is 149 cm³/mol. The summed E-state index contributed by atoms with van der Waals surface area (Å²) < 4.78 is 52.3. The van der Waals surface area contributed by atoms with Crippen molar-refractivity contribution in [2.45, 2.75) is 25.9 Å². The van der Waals surface area contributed by atoms with Crippen LogP contribution >= 0.6 is 0 Å². The fraction of sp³-hybridized carbons (Fsp3) is 0.310. The summed E-state index contributed by atoms with van der Waals surface area (Å²) in [5.74, 6) is -0.842. The van der Waals surface area contributed by atoms with Crippen LogP contribution in [0.15, 0.2) is 72.8 Å². The topological polar surface area (TPSA) is 105 Å². The summed E-state index contributed by atoms with van der Waals surface area (Å²) in [6, 6.07) is 18.5. The van der Waals surface area contributed by atoms with Gasteiger partial charge in [0, 0.05) is 26.1 Å².